The molecule has 0 aliphatic rings. The third-order valence-corrected chi connectivity index (χ3v) is 1.76. The van der Waals surface area contributed by atoms with Crippen molar-refractivity contribution in [3.05, 3.63) is 48.0 Å². The molecular weight excluding hydrogens is 148 g/mol. The average Bonchev–Trinajstić information content (AvgIpc) is 2.06. The minimum Gasteiger partial charge on any atom is -0.295 e. The Morgan fingerprint density at radius 2 is 1.92 bits per heavy atom. The highest BCUT2D eigenvalue weighted by Gasteiger charge is 2.00. The molecule has 0 bridgehead atoms. The number of rotatable bonds is 3. The lowest BCUT2D eigenvalue weighted by Gasteiger charge is -2.00. The monoisotopic (exact) mass is 160 g/mol. The van der Waals surface area contributed by atoms with E-state index in [1.165, 1.54) is 0 Å². The van der Waals surface area contributed by atoms with Crippen molar-refractivity contribution in [2.24, 2.45) is 0 Å². The Morgan fingerprint density at radius 3 is 2.42 bits per heavy atom. The van der Waals surface area contributed by atoms with Gasteiger partial charge in [0.1, 0.15) is 0 Å². The molecule has 0 unspecified atom stereocenters. The van der Waals surface area contributed by atoms with Crippen LogP contribution in [0.1, 0.15) is 12.5 Å². The number of carbonyl (C=O) groups excluding carboxylic acids is 1. The molecular formula is C11H12O. The topological polar surface area (TPSA) is 17.1 Å². The second kappa shape index (κ2) is 3.86. The van der Waals surface area contributed by atoms with Gasteiger partial charge in [-0.3, -0.25) is 4.79 Å². The number of allylic oxidation sites excluding steroid dienone is 1. The third kappa shape index (κ3) is 2.35. The van der Waals surface area contributed by atoms with Crippen LogP contribution in [0, 0.1) is 0 Å². The fourth-order valence-electron chi connectivity index (χ4n) is 0.967. The molecule has 0 saturated heterocycles. The van der Waals surface area contributed by atoms with E-state index in [-0.39, 0.29) is 5.78 Å². The highest BCUT2D eigenvalue weighted by molar-refractivity contribution is 5.92. The summed E-state index contributed by atoms with van der Waals surface area (Å²) in [6.07, 6.45) is 0.663. The number of Topliss-reactive ketones (excluding diaryl/α,β-unsaturated/α-hetero) is 1. The van der Waals surface area contributed by atoms with Crippen LogP contribution in [0.4, 0.5) is 0 Å². The zero-order chi connectivity index (χ0) is 8.97. The van der Waals surface area contributed by atoms with Crippen LogP contribution in [0.25, 0.3) is 0 Å². The predicted molar refractivity (Wildman–Crippen MR) is 50.0 cm³/mol. The van der Waals surface area contributed by atoms with Gasteiger partial charge in [0.15, 0.2) is 5.78 Å². The fraction of sp³-hybridized carbons (Fsp3) is 0.182. The molecule has 62 valence electrons. The second-order valence-corrected chi connectivity index (χ2v) is 2.82. The molecule has 1 heteroatoms. The molecule has 1 nitrogen and oxygen atoms in total. The van der Waals surface area contributed by atoms with Gasteiger partial charge in [-0.05, 0) is 18.1 Å². The van der Waals surface area contributed by atoms with Crippen molar-refractivity contribution in [1.82, 2.24) is 0 Å². The molecule has 1 aromatic carbocycles. The molecule has 0 spiro atoms. The molecule has 0 aromatic heterocycles. The van der Waals surface area contributed by atoms with Crippen molar-refractivity contribution in [3.63, 3.8) is 0 Å². The van der Waals surface area contributed by atoms with Gasteiger partial charge < -0.3 is 0 Å². The molecule has 0 aliphatic carbocycles. The number of ketones is 1. The Balaban J connectivity index is 2.65. The minimum absolute atomic E-state index is 0.0684. The van der Waals surface area contributed by atoms with E-state index in [2.05, 4.69) is 6.58 Å². The number of hydrogen-bond acceptors (Lipinski definition) is 1. The van der Waals surface area contributed by atoms with E-state index >= 15 is 0 Å². The molecule has 0 N–H and O–H groups in total. The quantitative estimate of drug-likeness (QED) is 0.620. The molecule has 0 fully saturated rings. The standard InChI is InChI=1S/C11H12O/c1-9(10(2)12)8-11-6-4-3-5-7-11/h3-7H,1,8H2,2H3. The number of carbonyl (C=O) groups is 1. The van der Waals surface area contributed by atoms with Crippen LogP contribution in [-0.4, -0.2) is 5.78 Å². The molecule has 0 atom stereocenters. The molecule has 0 aliphatic heterocycles. The normalized spacial score (nSPS) is 9.42. The summed E-state index contributed by atoms with van der Waals surface area (Å²) in [4.78, 5) is 10.8. The molecule has 0 amide bonds. The molecule has 0 radical (unpaired) electrons. The molecule has 1 rings (SSSR count). The van der Waals surface area contributed by atoms with Gasteiger partial charge in [-0.25, -0.2) is 0 Å². The molecule has 1 aromatic rings. The van der Waals surface area contributed by atoms with Crippen LogP contribution in [0.5, 0.6) is 0 Å². The summed E-state index contributed by atoms with van der Waals surface area (Å²) >= 11 is 0. The van der Waals surface area contributed by atoms with Gasteiger partial charge in [-0.2, -0.15) is 0 Å². The summed E-state index contributed by atoms with van der Waals surface area (Å²) in [6, 6.07) is 9.87. The summed E-state index contributed by atoms with van der Waals surface area (Å²) in [7, 11) is 0. The SMILES string of the molecule is C=C(Cc1ccccc1)C(C)=O. The van der Waals surface area contributed by atoms with Crippen molar-refractivity contribution in [2.75, 3.05) is 0 Å². The Kier molecular flexibility index (Phi) is 2.81. The zero-order valence-corrected chi connectivity index (χ0v) is 7.21. The van der Waals surface area contributed by atoms with E-state index in [0.717, 1.165) is 5.56 Å². The van der Waals surface area contributed by atoms with Crippen molar-refractivity contribution >= 4 is 5.78 Å². The summed E-state index contributed by atoms with van der Waals surface area (Å²) in [5.41, 5.74) is 1.80. The predicted octanol–water partition coefficient (Wildman–Crippen LogP) is 2.37. The van der Waals surface area contributed by atoms with E-state index in [9.17, 15) is 4.79 Å². The Hall–Kier alpha value is -1.37. The summed E-state index contributed by atoms with van der Waals surface area (Å²) < 4.78 is 0. The zero-order valence-electron chi connectivity index (χ0n) is 7.21. The smallest absolute Gasteiger partial charge is 0.155 e. The lowest BCUT2D eigenvalue weighted by atomic mass is 10.0. The Labute approximate surface area is 72.7 Å². The number of hydrogen-bond donors (Lipinski definition) is 0. The second-order valence-electron chi connectivity index (χ2n) is 2.82. The van der Waals surface area contributed by atoms with Crippen molar-refractivity contribution in [2.45, 2.75) is 13.3 Å². The van der Waals surface area contributed by atoms with Gasteiger partial charge in [-0.15, -0.1) is 0 Å². The average molecular weight is 160 g/mol. The van der Waals surface area contributed by atoms with Gasteiger partial charge in [0.2, 0.25) is 0 Å². The maximum Gasteiger partial charge on any atom is 0.155 e. The van der Waals surface area contributed by atoms with Crippen molar-refractivity contribution < 1.29 is 4.79 Å². The first kappa shape index (κ1) is 8.72. The summed E-state index contributed by atoms with van der Waals surface area (Å²) in [5.74, 6) is 0.0684. The van der Waals surface area contributed by atoms with Crippen LogP contribution in [0.2, 0.25) is 0 Å². The van der Waals surface area contributed by atoms with Crippen LogP contribution in [-0.2, 0) is 11.2 Å². The first-order valence-corrected chi connectivity index (χ1v) is 3.93. The van der Waals surface area contributed by atoms with Crippen LogP contribution in [0.15, 0.2) is 42.5 Å². The largest absolute Gasteiger partial charge is 0.295 e. The van der Waals surface area contributed by atoms with Crippen molar-refractivity contribution in [1.29, 1.82) is 0 Å². The Bertz CT molecular complexity index is 285. The lowest BCUT2D eigenvalue weighted by molar-refractivity contribution is -0.113. The first-order valence-electron chi connectivity index (χ1n) is 3.93. The summed E-state index contributed by atoms with van der Waals surface area (Å²) in [5, 5.41) is 0. The lowest BCUT2D eigenvalue weighted by Crippen LogP contribution is -1.98. The van der Waals surface area contributed by atoms with Crippen molar-refractivity contribution in [3.8, 4) is 0 Å². The van der Waals surface area contributed by atoms with Crippen LogP contribution in [0.3, 0.4) is 0 Å². The van der Waals surface area contributed by atoms with E-state index in [4.69, 9.17) is 0 Å². The highest BCUT2D eigenvalue weighted by atomic mass is 16.1. The maximum atomic E-state index is 10.8. The molecule has 0 saturated carbocycles. The van der Waals surface area contributed by atoms with Gasteiger partial charge in [-0.1, -0.05) is 36.9 Å². The van der Waals surface area contributed by atoms with E-state index in [0.29, 0.717) is 12.0 Å². The fourth-order valence-corrected chi connectivity index (χ4v) is 0.967. The minimum atomic E-state index is 0.0684. The van der Waals surface area contributed by atoms with E-state index in [1.54, 1.807) is 6.92 Å². The van der Waals surface area contributed by atoms with Gasteiger partial charge in [0, 0.05) is 6.42 Å². The first-order chi connectivity index (χ1) is 5.70. The maximum absolute atomic E-state index is 10.8. The Morgan fingerprint density at radius 1 is 1.33 bits per heavy atom. The van der Waals surface area contributed by atoms with Gasteiger partial charge in [0.25, 0.3) is 0 Å². The van der Waals surface area contributed by atoms with Gasteiger partial charge in [0.05, 0.1) is 0 Å². The van der Waals surface area contributed by atoms with Crippen LogP contribution < -0.4 is 0 Å². The summed E-state index contributed by atoms with van der Waals surface area (Å²) in [6.45, 7) is 5.25. The third-order valence-electron chi connectivity index (χ3n) is 1.76. The number of benzene rings is 1. The van der Waals surface area contributed by atoms with E-state index in [1.807, 2.05) is 30.3 Å². The molecule has 12 heavy (non-hydrogen) atoms. The highest BCUT2D eigenvalue weighted by Crippen LogP contribution is 2.06. The van der Waals surface area contributed by atoms with Gasteiger partial charge >= 0.3 is 0 Å². The van der Waals surface area contributed by atoms with Crippen LogP contribution >= 0.6 is 0 Å². The van der Waals surface area contributed by atoms with E-state index < -0.39 is 0 Å². The molecule has 0 heterocycles.